The van der Waals surface area contributed by atoms with Gasteiger partial charge in [-0.1, -0.05) is 0 Å². The number of rotatable bonds is 4. The van der Waals surface area contributed by atoms with Crippen LogP contribution in [-0.4, -0.2) is 31.3 Å². The standard InChI is InChI=1S/C12H18N2O2/c1-15-12-7-10(4-5-13-12)8-14-11-3-2-6-16-9-11/h4-5,7,11,14H,2-3,6,8-9H2,1H3. The van der Waals surface area contributed by atoms with E-state index in [2.05, 4.69) is 10.3 Å². The SMILES string of the molecule is COc1cc(CNC2CCCOC2)ccn1. The Bertz CT molecular complexity index is 325. The van der Waals surface area contributed by atoms with Gasteiger partial charge in [-0.2, -0.15) is 0 Å². The first-order chi connectivity index (χ1) is 7.88. The van der Waals surface area contributed by atoms with Crippen molar-refractivity contribution in [2.24, 2.45) is 0 Å². The molecule has 2 heterocycles. The average Bonchev–Trinajstić information content (AvgIpc) is 2.38. The zero-order valence-electron chi connectivity index (χ0n) is 9.61. The van der Waals surface area contributed by atoms with Crippen molar-refractivity contribution in [1.29, 1.82) is 0 Å². The van der Waals surface area contributed by atoms with Gasteiger partial charge in [0.05, 0.1) is 13.7 Å². The molecule has 0 radical (unpaired) electrons. The second-order valence-electron chi connectivity index (χ2n) is 4.00. The topological polar surface area (TPSA) is 43.4 Å². The molecule has 0 spiro atoms. The highest BCUT2D eigenvalue weighted by molar-refractivity contribution is 5.20. The molecule has 1 N–H and O–H groups in total. The Morgan fingerprint density at radius 3 is 3.31 bits per heavy atom. The Morgan fingerprint density at radius 2 is 2.56 bits per heavy atom. The van der Waals surface area contributed by atoms with Crippen molar-refractivity contribution in [3.8, 4) is 5.88 Å². The van der Waals surface area contributed by atoms with Gasteiger partial charge in [0.1, 0.15) is 0 Å². The maximum Gasteiger partial charge on any atom is 0.213 e. The van der Waals surface area contributed by atoms with E-state index in [4.69, 9.17) is 9.47 Å². The number of hydrogen-bond acceptors (Lipinski definition) is 4. The van der Waals surface area contributed by atoms with Crippen LogP contribution in [0.15, 0.2) is 18.3 Å². The number of pyridine rings is 1. The summed E-state index contributed by atoms with van der Waals surface area (Å²) in [5, 5.41) is 3.48. The van der Waals surface area contributed by atoms with E-state index in [1.807, 2.05) is 12.1 Å². The number of nitrogens with zero attached hydrogens (tertiary/aromatic N) is 1. The lowest BCUT2D eigenvalue weighted by Crippen LogP contribution is -2.36. The van der Waals surface area contributed by atoms with Gasteiger partial charge in [0.15, 0.2) is 0 Å². The molecule has 1 fully saturated rings. The molecule has 1 aliphatic rings. The lowest BCUT2D eigenvalue weighted by molar-refractivity contribution is 0.0699. The molecule has 0 amide bonds. The van der Waals surface area contributed by atoms with Crippen molar-refractivity contribution >= 4 is 0 Å². The van der Waals surface area contributed by atoms with Crippen LogP contribution in [0.5, 0.6) is 5.88 Å². The predicted molar refractivity (Wildman–Crippen MR) is 61.5 cm³/mol. The van der Waals surface area contributed by atoms with Gasteiger partial charge in [0.25, 0.3) is 0 Å². The summed E-state index contributed by atoms with van der Waals surface area (Å²) in [5.74, 6) is 0.666. The minimum atomic E-state index is 0.480. The van der Waals surface area contributed by atoms with E-state index in [-0.39, 0.29) is 0 Å². The average molecular weight is 222 g/mol. The van der Waals surface area contributed by atoms with Gasteiger partial charge < -0.3 is 14.8 Å². The number of ether oxygens (including phenoxy) is 2. The normalized spacial score (nSPS) is 20.7. The van der Waals surface area contributed by atoms with Gasteiger partial charge in [-0.15, -0.1) is 0 Å². The molecular weight excluding hydrogens is 204 g/mol. The van der Waals surface area contributed by atoms with E-state index in [1.54, 1.807) is 13.3 Å². The van der Waals surface area contributed by atoms with Crippen LogP contribution >= 0.6 is 0 Å². The number of hydrogen-bond donors (Lipinski definition) is 1. The summed E-state index contributed by atoms with van der Waals surface area (Å²) >= 11 is 0. The van der Waals surface area contributed by atoms with Gasteiger partial charge in [0.2, 0.25) is 5.88 Å². The molecule has 0 saturated carbocycles. The zero-order chi connectivity index (χ0) is 11.2. The zero-order valence-corrected chi connectivity index (χ0v) is 9.61. The number of nitrogens with one attached hydrogen (secondary N) is 1. The summed E-state index contributed by atoms with van der Waals surface area (Å²) in [6, 6.07) is 4.43. The lowest BCUT2D eigenvalue weighted by atomic mass is 10.1. The van der Waals surface area contributed by atoms with Crippen LogP contribution < -0.4 is 10.1 Å². The highest BCUT2D eigenvalue weighted by Gasteiger charge is 2.12. The molecule has 4 heteroatoms. The molecule has 1 atom stereocenters. The van der Waals surface area contributed by atoms with Crippen molar-refractivity contribution in [2.45, 2.75) is 25.4 Å². The maximum absolute atomic E-state index is 5.42. The Balaban J connectivity index is 1.83. The van der Waals surface area contributed by atoms with Crippen LogP contribution in [0.4, 0.5) is 0 Å². The van der Waals surface area contributed by atoms with Crippen molar-refractivity contribution < 1.29 is 9.47 Å². The van der Waals surface area contributed by atoms with E-state index in [0.717, 1.165) is 26.2 Å². The summed E-state index contributed by atoms with van der Waals surface area (Å²) in [6.45, 7) is 2.57. The molecule has 1 aromatic heterocycles. The third-order valence-corrected chi connectivity index (χ3v) is 2.76. The van der Waals surface area contributed by atoms with Gasteiger partial charge >= 0.3 is 0 Å². The van der Waals surface area contributed by atoms with E-state index in [0.29, 0.717) is 11.9 Å². The molecule has 0 aliphatic carbocycles. The fraction of sp³-hybridized carbons (Fsp3) is 0.583. The van der Waals surface area contributed by atoms with Crippen LogP contribution in [0.3, 0.4) is 0 Å². The van der Waals surface area contributed by atoms with Crippen LogP contribution in [-0.2, 0) is 11.3 Å². The summed E-state index contributed by atoms with van der Waals surface area (Å²) in [7, 11) is 1.63. The highest BCUT2D eigenvalue weighted by Crippen LogP contribution is 2.10. The first-order valence-electron chi connectivity index (χ1n) is 5.68. The molecule has 88 valence electrons. The largest absolute Gasteiger partial charge is 0.481 e. The fourth-order valence-corrected chi connectivity index (χ4v) is 1.84. The molecule has 1 aromatic rings. The van der Waals surface area contributed by atoms with E-state index in [1.165, 1.54) is 12.0 Å². The second kappa shape index (κ2) is 5.82. The third kappa shape index (κ3) is 3.18. The van der Waals surface area contributed by atoms with Gasteiger partial charge in [-0.05, 0) is 24.5 Å². The van der Waals surface area contributed by atoms with Crippen molar-refractivity contribution in [3.63, 3.8) is 0 Å². The Kier molecular flexibility index (Phi) is 4.13. The Morgan fingerprint density at radius 1 is 1.62 bits per heavy atom. The first-order valence-corrected chi connectivity index (χ1v) is 5.68. The summed E-state index contributed by atoms with van der Waals surface area (Å²) in [4.78, 5) is 4.08. The monoisotopic (exact) mass is 222 g/mol. The summed E-state index contributed by atoms with van der Waals surface area (Å²) in [6.07, 6.45) is 4.12. The maximum atomic E-state index is 5.42. The Hall–Kier alpha value is -1.13. The number of methoxy groups -OCH3 is 1. The van der Waals surface area contributed by atoms with E-state index >= 15 is 0 Å². The fourth-order valence-electron chi connectivity index (χ4n) is 1.84. The van der Waals surface area contributed by atoms with E-state index in [9.17, 15) is 0 Å². The highest BCUT2D eigenvalue weighted by atomic mass is 16.5. The molecule has 1 saturated heterocycles. The molecule has 2 rings (SSSR count). The van der Waals surface area contributed by atoms with Gasteiger partial charge in [-0.25, -0.2) is 4.98 Å². The molecule has 1 aliphatic heterocycles. The Labute approximate surface area is 96.0 Å². The van der Waals surface area contributed by atoms with Crippen LogP contribution in [0.25, 0.3) is 0 Å². The minimum absolute atomic E-state index is 0.480. The van der Waals surface area contributed by atoms with Crippen molar-refractivity contribution in [1.82, 2.24) is 10.3 Å². The predicted octanol–water partition coefficient (Wildman–Crippen LogP) is 1.36. The molecule has 0 bridgehead atoms. The minimum Gasteiger partial charge on any atom is -0.481 e. The van der Waals surface area contributed by atoms with Crippen LogP contribution in [0, 0.1) is 0 Å². The molecule has 4 nitrogen and oxygen atoms in total. The third-order valence-electron chi connectivity index (χ3n) is 2.76. The van der Waals surface area contributed by atoms with Gasteiger partial charge in [0, 0.05) is 31.5 Å². The first kappa shape index (κ1) is 11.4. The lowest BCUT2D eigenvalue weighted by Gasteiger charge is -2.23. The van der Waals surface area contributed by atoms with E-state index < -0.39 is 0 Å². The number of aromatic nitrogens is 1. The van der Waals surface area contributed by atoms with Crippen molar-refractivity contribution in [2.75, 3.05) is 20.3 Å². The van der Waals surface area contributed by atoms with Crippen molar-refractivity contribution in [3.05, 3.63) is 23.9 Å². The smallest absolute Gasteiger partial charge is 0.213 e. The summed E-state index contributed by atoms with van der Waals surface area (Å²) in [5.41, 5.74) is 1.19. The second-order valence-corrected chi connectivity index (χ2v) is 4.00. The molecule has 16 heavy (non-hydrogen) atoms. The molecular formula is C12H18N2O2. The van der Waals surface area contributed by atoms with Crippen LogP contribution in [0.1, 0.15) is 18.4 Å². The molecule has 0 aromatic carbocycles. The van der Waals surface area contributed by atoms with Gasteiger partial charge in [-0.3, -0.25) is 0 Å². The quantitative estimate of drug-likeness (QED) is 0.835. The molecule has 1 unspecified atom stereocenters. The summed E-state index contributed by atoms with van der Waals surface area (Å²) < 4.78 is 10.5. The van der Waals surface area contributed by atoms with Crippen LogP contribution in [0.2, 0.25) is 0 Å².